The summed E-state index contributed by atoms with van der Waals surface area (Å²) in [4.78, 5) is 0. The van der Waals surface area contributed by atoms with Gasteiger partial charge in [-0.05, 0) is 5.56 Å². The van der Waals surface area contributed by atoms with Gasteiger partial charge in [-0.2, -0.15) is 0 Å². The van der Waals surface area contributed by atoms with E-state index in [9.17, 15) is 25.5 Å². The number of ether oxygens (including phenoxy) is 1. The highest BCUT2D eigenvalue weighted by Gasteiger charge is 2.70. The van der Waals surface area contributed by atoms with Gasteiger partial charge in [0.2, 0.25) is 0 Å². The molecule has 1 heterocycles. The Bertz CT molecular complexity index is 461. The molecule has 6 heteroatoms. The van der Waals surface area contributed by atoms with Crippen LogP contribution >= 0.6 is 0 Å². The van der Waals surface area contributed by atoms with Crippen molar-refractivity contribution in [3.8, 4) is 0 Å². The van der Waals surface area contributed by atoms with Crippen LogP contribution in [-0.2, 0) is 4.74 Å². The van der Waals surface area contributed by atoms with Crippen molar-refractivity contribution in [2.75, 3.05) is 0 Å². The Morgan fingerprint density at radius 1 is 0.947 bits per heavy atom. The van der Waals surface area contributed by atoms with Gasteiger partial charge in [0.05, 0.1) is 6.10 Å². The van der Waals surface area contributed by atoms with Gasteiger partial charge in [0.1, 0.15) is 23.9 Å². The lowest BCUT2D eigenvalue weighted by Crippen LogP contribution is -2.80. The first-order valence-electron chi connectivity index (χ1n) is 6.13. The first kappa shape index (κ1) is 13.0. The van der Waals surface area contributed by atoms with Gasteiger partial charge >= 0.3 is 0 Å². The van der Waals surface area contributed by atoms with Crippen molar-refractivity contribution in [1.29, 1.82) is 0 Å². The third kappa shape index (κ3) is 1.59. The Balaban J connectivity index is 1.97. The lowest BCUT2D eigenvalue weighted by Gasteiger charge is -2.61. The summed E-state index contributed by atoms with van der Waals surface area (Å²) in [6, 6.07) is 8.72. The van der Waals surface area contributed by atoms with Crippen molar-refractivity contribution in [2.45, 2.75) is 42.2 Å². The molecule has 1 saturated carbocycles. The molecule has 0 radical (unpaired) electrons. The van der Waals surface area contributed by atoms with Crippen molar-refractivity contribution in [1.82, 2.24) is 0 Å². The van der Waals surface area contributed by atoms with Crippen molar-refractivity contribution in [3.63, 3.8) is 0 Å². The van der Waals surface area contributed by atoms with Gasteiger partial charge in [-0.15, -0.1) is 0 Å². The second-order valence-corrected chi connectivity index (χ2v) is 5.15. The van der Waals surface area contributed by atoms with Crippen LogP contribution in [0.4, 0.5) is 0 Å². The van der Waals surface area contributed by atoms with Crippen LogP contribution in [0.25, 0.3) is 0 Å². The SMILES string of the molecule is OC1C(c2ccccc2)[C@]2(O)[C@@H]1O[C@H](O)[C@H](O)[C@H]2O. The first-order chi connectivity index (χ1) is 8.98. The highest BCUT2D eigenvalue weighted by atomic mass is 16.6. The lowest BCUT2D eigenvalue weighted by molar-refractivity contribution is -0.380. The molecule has 2 unspecified atom stereocenters. The maximum Gasteiger partial charge on any atom is 0.184 e. The second kappa shape index (κ2) is 4.24. The summed E-state index contributed by atoms with van der Waals surface area (Å²) in [6.07, 6.45) is -6.99. The van der Waals surface area contributed by atoms with E-state index in [2.05, 4.69) is 0 Å². The molecule has 19 heavy (non-hydrogen) atoms. The Kier molecular flexibility index (Phi) is 2.90. The van der Waals surface area contributed by atoms with E-state index < -0.39 is 42.2 Å². The summed E-state index contributed by atoms with van der Waals surface area (Å²) in [5.41, 5.74) is -1.17. The van der Waals surface area contributed by atoms with Crippen molar-refractivity contribution >= 4 is 0 Å². The zero-order valence-corrected chi connectivity index (χ0v) is 10.00. The monoisotopic (exact) mass is 268 g/mol. The molecule has 104 valence electrons. The van der Waals surface area contributed by atoms with Crippen molar-refractivity contribution in [3.05, 3.63) is 35.9 Å². The standard InChI is InChI=1S/C13H16O6/c14-8-7(6-4-2-1-3-5-6)13(18)10(16)9(15)12(17)19-11(8)13/h1-5,7-12,14-18H/t7?,8?,9-,10-,11-,12+,13-/m1/s1. The molecule has 5 N–H and O–H groups in total. The highest BCUT2D eigenvalue weighted by Crippen LogP contribution is 2.53. The number of fused-ring (bicyclic) bond motifs is 1. The molecule has 1 aromatic carbocycles. The Morgan fingerprint density at radius 3 is 2.21 bits per heavy atom. The van der Waals surface area contributed by atoms with Crippen LogP contribution in [0.3, 0.4) is 0 Å². The highest BCUT2D eigenvalue weighted by molar-refractivity contribution is 5.35. The largest absolute Gasteiger partial charge is 0.390 e. The van der Waals surface area contributed by atoms with E-state index in [4.69, 9.17) is 4.74 Å². The second-order valence-electron chi connectivity index (χ2n) is 5.15. The summed E-state index contributed by atoms with van der Waals surface area (Å²) < 4.78 is 4.98. The fourth-order valence-electron chi connectivity index (χ4n) is 3.11. The molecule has 1 aliphatic carbocycles. The number of rotatable bonds is 1. The van der Waals surface area contributed by atoms with Gasteiger partial charge in [-0.1, -0.05) is 30.3 Å². The minimum atomic E-state index is -1.81. The average Bonchev–Trinajstić information content (AvgIpc) is 2.42. The molecule has 2 fully saturated rings. The number of aliphatic hydroxyl groups is 5. The van der Waals surface area contributed by atoms with E-state index in [0.29, 0.717) is 5.56 Å². The summed E-state index contributed by atoms with van der Waals surface area (Å²) in [5.74, 6) is -0.768. The zero-order chi connectivity index (χ0) is 13.8. The fourth-order valence-corrected chi connectivity index (χ4v) is 3.11. The molecule has 1 aromatic rings. The summed E-state index contributed by atoms with van der Waals surface area (Å²) in [5, 5.41) is 49.6. The molecule has 6 nitrogen and oxygen atoms in total. The lowest BCUT2D eigenvalue weighted by atomic mass is 9.57. The molecule has 1 aliphatic heterocycles. The molecule has 1 saturated heterocycles. The van der Waals surface area contributed by atoms with Crippen molar-refractivity contribution < 1.29 is 30.3 Å². The smallest absolute Gasteiger partial charge is 0.184 e. The summed E-state index contributed by atoms with van der Waals surface area (Å²) in [7, 11) is 0. The number of hydrogen-bond acceptors (Lipinski definition) is 6. The predicted octanol–water partition coefficient (Wildman–Crippen LogP) is -1.69. The van der Waals surface area contributed by atoms with Crippen LogP contribution < -0.4 is 0 Å². The quantitative estimate of drug-likeness (QED) is 0.416. The van der Waals surface area contributed by atoms with Gasteiger partial charge in [-0.3, -0.25) is 0 Å². The van der Waals surface area contributed by atoms with E-state index in [0.717, 1.165) is 0 Å². The van der Waals surface area contributed by atoms with Gasteiger partial charge in [0, 0.05) is 5.92 Å². The predicted molar refractivity (Wildman–Crippen MR) is 63.0 cm³/mol. The van der Waals surface area contributed by atoms with Gasteiger partial charge in [0.15, 0.2) is 6.29 Å². The molecule has 0 spiro atoms. The average molecular weight is 268 g/mol. The molecule has 2 aliphatic rings. The number of hydrogen-bond donors (Lipinski definition) is 5. The maximum atomic E-state index is 10.6. The normalized spacial score (nSPS) is 49.3. The van der Waals surface area contributed by atoms with Gasteiger partial charge < -0.3 is 30.3 Å². The Morgan fingerprint density at radius 2 is 1.58 bits per heavy atom. The summed E-state index contributed by atoms with van der Waals surface area (Å²) in [6.45, 7) is 0. The summed E-state index contributed by atoms with van der Waals surface area (Å²) >= 11 is 0. The van der Waals surface area contributed by atoms with Gasteiger partial charge in [0.25, 0.3) is 0 Å². The maximum absolute atomic E-state index is 10.6. The van der Waals surface area contributed by atoms with Crippen LogP contribution in [0, 0.1) is 0 Å². The first-order valence-corrected chi connectivity index (χ1v) is 6.13. The molecule has 0 amide bonds. The van der Waals surface area contributed by atoms with Crippen molar-refractivity contribution in [2.24, 2.45) is 0 Å². The molecule has 7 atom stereocenters. The van der Waals surface area contributed by atoms with Crippen LogP contribution in [0.5, 0.6) is 0 Å². The third-order valence-electron chi connectivity index (χ3n) is 4.14. The fraction of sp³-hybridized carbons (Fsp3) is 0.538. The Labute approximate surface area is 109 Å². The van der Waals surface area contributed by atoms with E-state index in [-0.39, 0.29) is 0 Å². The van der Waals surface area contributed by atoms with Gasteiger partial charge in [-0.25, -0.2) is 0 Å². The van der Waals surface area contributed by atoms with Crippen LogP contribution in [0.15, 0.2) is 30.3 Å². The zero-order valence-electron chi connectivity index (χ0n) is 10.00. The number of aliphatic hydroxyl groups excluding tert-OH is 4. The minimum Gasteiger partial charge on any atom is -0.390 e. The van der Waals surface area contributed by atoms with E-state index in [1.54, 1.807) is 30.3 Å². The molecular weight excluding hydrogens is 252 g/mol. The topological polar surface area (TPSA) is 110 Å². The van der Waals surface area contributed by atoms with E-state index in [1.165, 1.54) is 0 Å². The van der Waals surface area contributed by atoms with Crippen LogP contribution in [0.1, 0.15) is 11.5 Å². The van der Waals surface area contributed by atoms with Crippen LogP contribution in [0.2, 0.25) is 0 Å². The van der Waals surface area contributed by atoms with Crippen LogP contribution in [-0.4, -0.2) is 61.8 Å². The molecule has 0 aromatic heterocycles. The molecular formula is C13H16O6. The molecule has 0 bridgehead atoms. The van der Waals surface area contributed by atoms with E-state index >= 15 is 0 Å². The third-order valence-corrected chi connectivity index (χ3v) is 4.14. The van der Waals surface area contributed by atoms with E-state index in [1.807, 2.05) is 0 Å². The minimum absolute atomic E-state index is 0.639. The number of benzene rings is 1. The molecule has 3 rings (SSSR count). The Hall–Kier alpha value is -1.02.